The van der Waals surface area contributed by atoms with Gasteiger partial charge >= 0.3 is 17.9 Å². The minimum atomic E-state index is -0.757. The number of carbonyl (C=O) groups is 3. The summed E-state index contributed by atoms with van der Waals surface area (Å²) in [6, 6.07) is 0. The van der Waals surface area contributed by atoms with Crippen LogP contribution in [0.15, 0.2) is 0 Å². The third-order valence-corrected chi connectivity index (χ3v) is 10.0. The number of ether oxygens (including phenoxy) is 3. The Morgan fingerprint density at radius 1 is 0.373 bits per heavy atom. The van der Waals surface area contributed by atoms with Crippen LogP contribution in [0.25, 0.3) is 0 Å². The van der Waals surface area contributed by atoms with E-state index >= 15 is 0 Å². The molecule has 0 aliphatic carbocycles. The van der Waals surface area contributed by atoms with E-state index in [9.17, 15) is 14.4 Å². The molecule has 6 nitrogen and oxygen atoms in total. The third kappa shape index (κ3) is 39.5. The van der Waals surface area contributed by atoms with Crippen LogP contribution in [0.2, 0.25) is 0 Å². The molecular formula is C45H86O6. The largest absolute Gasteiger partial charge is 0.462 e. The van der Waals surface area contributed by atoms with E-state index in [1.807, 2.05) is 0 Å². The zero-order valence-corrected chi connectivity index (χ0v) is 34.6. The van der Waals surface area contributed by atoms with Crippen molar-refractivity contribution in [2.24, 2.45) is 5.92 Å². The van der Waals surface area contributed by atoms with Crippen molar-refractivity contribution in [1.82, 2.24) is 0 Å². The average molecular weight is 723 g/mol. The Morgan fingerprint density at radius 3 is 0.961 bits per heavy atom. The molecule has 0 rings (SSSR count). The van der Waals surface area contributed by atoms with E-state index < -0.39 is 6.10 Å². The molecule has 0 aliphatic heterocycles. The summed E-state index contributed by atoms with van der Waals surface area (Å²) in [7, 11) is 0. The van der Waals surface area contributed by atoms with E-state index in [0.717, 1.165) is 70.1 Å². The molecule has 0 aromatic rings. The lowest BCUT2D eigenvalue weighted by Gasteiger charge is -2.18. The first kappa shape index (κ1) is 49.4. The third-order valence-electron chi connectivity index (χ3n) is 10.0. The van der Waals surface area contributed by atoms with Crippen molar-refractivity contribution >= 4 is 17.9 Å². The van der Waals surface area contributed by atoms with Gasteiger partial charge in [0.2, 0.25) is 0 Å². The lowest BCUT2D eigenvalue weighted by molar-refractivity contribution is -0.167. The van der Waals surface area contributed by atoms with Gasteiger partial charge in [0.25, 0.3) is 0 Å². The summed E-state index contributed by atoms with van der Waals surface area (Å²) in [5.74, 6) is -0.0258. The van der Waals surface area contributed by atoms with Crippen molar-refractivity contribution in [2.45, 2.75) is 252 Å². The maximum absolute atomic E-state index is 12.7. The van der Waals surface area contributed by atoms with Gasteiger partial charge in [0.05, 0.1) is 0 Å². The fourth-order valence-electron chi connectivity index (χ4n) is 6.63. The minimum absolute atomic E-state index is 0.0648. The monoisotopic (exact) mass is 723 g/mol. The van der Waals surface area contributed by atoms with Crippen LogP contribution < -0.4 is 0 Å². The lowest BCUT2D eigenvalue weighted by Crippen LogP contribution is -2.30. The van der Waals surface area contributed by atoms with Gasteiger partial charge in [-0.05, 0) is 25.2 Å². The standard InChI is InChI=1S/C45H86O6/c1-5-7-9-11-12-13-18-22-25-29-33-37-44(47)50-40-42(39-49-43(46)36-32-27-10-8-6-2)51-45(48)38-34-30-26-23-20-17-15-14-16-19-21-24-28-31-35-41(3)4/h41-42H,5-40H2,1-4H3/t42-/m0/s1. The smallest absolute Gasteiger partial charge is 0.306 e. The summed E-state index contributed by atoms with van der Waals surface area (Å²) in [6.45, 7) is 8.92. The molecule has 302 valence electrons. The molecular weight excluding hydrogens is 636 g/mol. The van der Waals surface area contributed by atoms with E-state index in [2.05, 4.69) is 27.7 Å². The van der Waals surface area contributed by atoms with Gasteiger partial charge in [-0.15, -0.1) is 0 Å². The molecule has 0 N–H and O–H groups in total. The number of rotatable bonds is 40. The van der Waals surface area contributed by atoms with Crippen molar-refractivity contribution in [3.63, 3.8) is 0 Å². The van der Waals surface area contributed by atoms with E-state index in [1.54, 1.807) is 0 Å². The van der Waals surface area contributed by atoms with Crippen molar-refractivity contribution in [2.75, 3.05) is 13.2 Å². The Labute approximate surface area is 317 Å². The molecule has 0 saturated heterocycles. The summed E-state index contributed by atoms with van der Waals surface area (Å²) >= 11 is 0. The molecule has 51 heavy (non-hydrogen) atoms. The summed E-state index contributed by atoms with van der Waals surface area (Å²) < 4.78 is 16.6. The van der Waals surface area contributed by atoms with Gasteiger partial charge in [0.15, 0.2) is 6.10 Å². The lowest BCUT2D eigenvalue weighted by atomic mass is 10.0. The van der Waals surface area contributed by atoms with Gasteiger partial charge in [-0.25, -0.2) is 0 Å². The molecule has 0 aromatic heterocycles. The van der Waals surface area contributed by atoms with E-state index in [-0.39, 0.29) is 31.1 Å². The van der Waals surface area contributed by atoms with Crippen molar-refractivity contribution in [3.8, 4) is 0 Å². The van der Waals surface area contributed by atoms with Crippen LogP contribution in [-0.2, 0) is 28.6 Å². The zero-order valence-electron chi connectivity index (χ0n) is 34.6. The highest BCUT2D eigenvalue weighted by Gasteiger charge is 2.19. The van der Waals surface area contributed by atoms with Crippen LogP contribution in [0.1, 0.15) is 246 Å². The van der Waals surface area contributed by atoms with Gasteiger partial charge in [-0.1, -0.05) is 207 Å². The Kier molecular flexibility index (Phi) is 38.4. The Hall–Kier alpha value is -1.59. The number of esters is 3. The number of carbonyl (C=O) groups excluding carboxylic acids is 3. The van der Waals surface area contributed by atoms with Crippen LogP contribution in [0.5, 0.6) is 0 Å². The van der Waals surface area contributed by atoms with Gasteiger partial charge in [-0.2, -0.15) is 0 Å². The van der Waals surface area contributed by atoms with E-state index in [4.69, 9.17) is 14.2 Å². The highest BCUT2D eigenvalue weighted by Crippen LogP contribution is 2.16. The second-order valence-electron chi connectivity index (χ2n) is 15.8. The molecule has 0 spiro atoms. The number of hydrogen-bond donors (Lipinski definition) is 0. The Bertz CT molecular complexity index is 766. The second kappa shape index (κ2) is 39.6. The minimum Gasteiger partial charge on any atom is -0.462 e. The molecule has 1 atom stereocenters. The Morgan fingerprint density at radius 2 is 0.647 bits per heavy atom. The maximum Gasteiger partial charge on any atom is 0.306 e. The average Bonchev–Trinajstić information content (AvgIpc) is 3.11. The highest BCUT2D eigenvalue weighted by atomic mass is 16.6. The van der Waals surface area contributed by atoms with Crippen LogP contribution in [0, 0.1) is 5.92 Å². The normalized spacial score (nSPS) is 11.9. The van der Waals surface area contributed by atoms with E-state index in [0.29, 0.717) is 19.3 Å². The van der Waals surface area contributed by atoms with Gasteiger partial charge in [-0.3, -0.25) is 14.4 Å². The van der Waals surface area contributed by atoms with Crippen LogP contribution in [-0.4, -0.2) is 37.2 Å². The second-order valence-corrected chi connectivity index (χ2v) is 15.8. The van der Waals surface area contributed by atoms with E-state index in [1.165, 1.54) is 135 Å². The summed E-state index contributed by atoms with van der Waals surface area (Å²) in [4.78, 5) is 37.4. The summed E-state index contributed by atoms with van der Waals surface area (Å²) in [5.41, 5.74) is 0. The van der Waals surface area contributed by atoms with Gasteiger partial charge in [0, 0.05) is 19.3 Å². The van der Waals surface area contributed by atoms with Gasteiger partial charge < -0.3 is 14.2 Å². The summed E-state index contributed by atoms with van der Waals surface area (Å²) in [6.07, 6.45) is 38.3. The molecule has 0 radical (unpaired) electrons. The summed E-state index contributed by atoms with van der Waals surface area (Å²) in [5, 5.41) is 0. The number of unbranched alkanes of at least 4 members (excludes halogenated alkanes) is 27. The van der Waals surface area contributed by atoms with Crippen molar-refractivity contribution in [3.05, 3.63) is 0 Å². The molecule has 0 fully saturated rings. The molecule has 0 bridgehead atoms. The fraction of sp³-hybridized carbons (Fsp3) is 0.933. The topological polar surface area (TPSA) is 78.9 Å². The first-order valence-corrected chi connectivity index (χ1v) is 22.4. The molecule has 0 heterocycles. The predicted molar refractivity (Wildman–Crippen MR) is 215 cm³/mol. The fourth-order valence-corrected chi connectivity index (χ4v) is 6.63. The molecule has 6 heteroatoms. The van der Waals surface area contributed by atoms with Crippen LogP contribution >= 0.6 is 0 Å². The maximum atomic E-state index is 12.7. The highest BCUT2D eigenvalue weighted by molar-refractivity contribution is 5.71. The van der Waals surface area contributed by atoms with Crippen LogP contribution in [0.4, 0.5) is 0 Å². The van der Waals surface area contributed by atoms with Gasteiger partial charge in [0.1, 0.15) is 13.2 Å². The molecule has 0 unspecified atom stereocenters. The Balaban J connectivity index is 4.16. The number of hydrogen-bond acceptors (Lipinski definition) is 6. The SMILES string of the molecule is CCCCCCCCCCCCCC(=O)OC[C@H](COC(=O)CCCCCCC)OC(=O)CCCCCCCCCCCCCCCCC(C)C. The van der Waals surface area contributed by atoms with Crippen LogP contribution in [0.3, 0.4) is 0 Å². The predicted octanol–water partition coefficient (Wildman–Crippen LogP) is 13.9. The first-order chi connectivity index (χ1) is 24.9. The molecule has 0 amide bonds. The quantitative estimate of drug-likeness (QED) is 0.0356. The first-order valence-electron chi connectivity index (χ1n) is 22.4. The molecule has 0 aliphatic rings. The van der Waals surface area contributed by atoms with Crippen molar-refractivity contribution in [1.29, 1.82) is 0 Å². The molecule has 0 saturated carbocycles. The molecule has 0 aromatic carbocycles. The zero-order chi connectivity index (χ0) is 37.5. The van der Waals surface area contributed by atoms with Crippen molar-refractivity contribution < 1.29 is 28.6 Å².